The van der Waals surface area contributed by atoms with Gasteiger partial charge in [-0.1, -0.05) is 13.8 Å². The van der Waals surface area contributed by atoms with Crippen LogP contribution in [0.5, 0.6) is 0 Å². The van der Waals surface area contributed by atoms with Crippen LogP contribution in [0.25, 0.3) is 0 Å². The molecule has 0 spiro atoms. The molecule has 9 heteroatoms. The summed E-state index contributed by atoms with van der Waals surface area (Å²) in [5.74, 6) is 0.0806. The quantitative estimate of drug-likeness (QED) is 0.646. The molecule has 9 nitrogen and oxygen atoms in total. The van der Waals surface area contributed by atoms with Crippen molar-refractivity contribution < 1.29 is 29.3 Å². The van der Waals surface area contributed by atoms with E-state index >= 15 is 0 Å². The first-order valence-electron chi connectivity index (χ1n) is 9.14. The smallest absolute Gasteiger partial charge is 0.290 e. The van der Waals surface area contributed by atoms with E-state index in [-0.39, 0.29) is 30.4 Å². The highest BCUT2D eigenvalue weighted by Crippen LogP contribution is 2.23. The van der Waals surface area contributed by atoms with Gasteiger partial charge in [-0.15, -0.1) is 0 Å². The fourth-order valence-corrected chi connectivity index (χ4v) is 3.48. The molecule has 1 atom stereocenters. The van der Waals surface area contributed by atoms with Gasteiger partial charge in [-0.05, 0) is 31.3 Å². The number of ether oxygens (including phenoxy) is 1. The molecule has 0 aromatic carbocycles. The third-order valence-electron chi connectivity index (χ3n) is 4.37. The van der Waals surface area contributed by atoms with Crippen molar-refractivity contribution in [3.8, 4) is 0 Å². The molecule has 1 unspecified atom stereocenters. The summed E-state index contributed by atoms with van der Waals surface area (Å²) in [4.78, 5) is 35.4. The number of carboxylic acid groups (broad SMARTS) is 2. The number of likely N-dealkylation sites (N-methyl/N-ethyl adjacent to an activating group) is 1. The maximum absolute atomic E-state index is 12.1. The maximum Gasteiger partial charge on any atom is 0.290 e. The SMILES string of the molecule is CN(C)C(=O)C1CN(CC(C)(C)CN2CCCC2)CCO1.O=CO.O=CO. The van der Waals surface area contributed by atoms with E-state index in [1.54, 1.807) is 19.0 Å². The van der Waals surface area contributed by atoms with E-state index in [4.69, 9.17) is 24.5 Å². The standard InChI is InChI=1S/C16H31N3O2.2CH2O2/c1-16(2,12-18-7-5-6-8-18)13-19-9-10-21-14(11-19)15(20)17(3)4;2*2-1-3/h14H,5-13H2,1-4H3;2*1H,(H,2,3). The summed E-state index contributed by atoms with van der Waals surface area (Å²) in [6.07, 6.45) is 2.39. The largest absolute Gasteiger partial charge is 0.483 e. The highest BCUT2D eigenvalue weighted by Gasteiger charge is 2.32. The van der Waals surface area contributed by atoms with Gasteiger partial charge < -0.3 is 24.7 Å². The van der Waals surface area contributed by atoms with Crippen LogP contribution in [0, 0.1) is 5.41 Å². The highest BCUT2D eigenvalue weighted by atomic mass is 16.5. The molecule has 1 amide bonds. The van der Waals surface area contributed by atoms with Crippen molar-refractivity contribution in [1.82, 2.24) is 14.7 Å². The minimum atomic E-state index is -0.295. The van der Waals surface area contributed by atoms with Crippen LogP contribution in [0.15, 0.2) is 0 Å². The molecule has 0 bridgehead atoms. The van der Waals surface area contributed by atoms with Gasteiger partial charge in [-0.3, -0.25) is 19.3 Å². The Kier molecular flexibility index (Phi) is 12.6. The van der Waals surface area contributed by atoms with Crippen LogP contribution in [-0.2, 0) is 19.1 Å². The summed E-state index contributed by atoms with van der Waals surface area (Å²) < 4.78 is 5.64. The van der Waals surface area contributed by atoms with Crippen molar-refractivity contribution in [2.24, 2.45) is 5.41 Å². The first kappa shape index (κ1) is 25.3. The molecule has 0 aromatic heterocycles. The van der Waals surface area contributed by atoms with Crippen LogP contribution < -0.4 is 0 Å². The fourth-order valence-electron chi connectivity index (χ4n) is 3.48. The molecule has 2 fully saturated rings. The zero-order chi connectivity index (χ0) is 20.9. The molecule has 2 heterocycles. The average molecular weight is 389 g/mol. The Bertz CT molecular complexity index is 433. The number of carbonyl (C=O) groups is 3. The number of nitrogens with zero attached hydrogens (tertiary/aromatic N) is 3. The fraction of sp³-hybridized carbons (Fsp3) is 0.833. The molecular weight excluding hydrogens is 354 g/mol. The molecule has 158 valence electrons. The molecule has 2 N–H and O–H groups in total. The summed E-state index contributed by atoms with van der Waals surface area (Å²) in [5.41, 5.74) is 0.257. The number of likely N-dealkylation sites (tertiary alicyclic amines) is 1. The van der Waals surface area contributed by atoms with Gasteiger partial charge in [0.2, 0.25) is 0 Å². The average Bonchev–Trinajstić information content (AvgIpc) is 3.07. The molecule has 2 rings (SSSR count). The minimum absolute atomic E-state index is 0.0806. The number of hydrogen-bond acceptors (Lipinski definition) is 6. The van der Waals surface area contributed by atoms with E-state index < -0.39 is 0 Å². The predicted octanol–water partition coefficient (Wildman–Crippen LogP) is 0.299. The topological polar surface area (TPSA) is 111 Å². The number of morpholine rings is 1. The molecule has 0 radical (unpaired) electrons. The Morgan fingerprint density at radius 2 is 1.56 bits per heavy atom. The minimum Gasteiger partial charge on any atom is -0.483 e. The van der Waals surface area contributed by atoms with E-state index in [0.29, 0.717) is 6.61 Å². The van der Waals surface area contributed by atoms with Gasteiger partial charge in [0.25, 0.3) is 18.9 Å². The second-order valence-corrected chi connectivity index (χ2v) is 7.69. The van der Waals surface area contributed by atoms with Crippen LogP contribution in [0.3, 0.4) is 0 Å². The highest BCUT2D eigenvalue weighted by molar-refractivity contribution is 5.80. The summed E-state index contributed by atoms with van der Waals surface area (Å²) >= 11 is 0. The van der Waals surface area contributed by atoms with Gasteiger partial charge in [0.1, 0.15) is 6.10 Å². The lowest BCUT2D eigenvalue weighted by atomic mass is 9.91. The molecular formula is C18H35N3O6. The van der Waals surface area contributed by atoms with E-state index in [0.717, 1.165) is 26.2 Å². The Morgan fingerprint density at radius 3 is 2.04 bits per heavy atom. The monoisotopic (exact) mass is 389 g/mol. The van der Waals surface area contributed by atoms with E-state index in [1.807, 2.05) is 0 Å². The number of carbonyl (C=O) groups excluding carboxylic acids is 1. The number of amides is 1. The first-order valence-corrected chi connectivity index (χ1v) is 9.14. The van der Waals surface area contributed by atoms with Crippen molar-refractivity contribution >= 4 is 18.9 Å². The van der Waals surface area contributed by atoms with Gasteiger partial charge in [0.15, 0.2) is 0 Å². The maximum atomic E-state index is 12.1. The molecule has 0 aliphatic carbocycles. The lowest BCUT2D eigenvalue weighted by molar-refractivity contribution is -0.147. The lowest BCUT2D eigenvalue weighted by Gasteiger charge is -2.39. The molecule has 0 aromatic rings. The summed E-state index contributed by atoms with van der Waals surface area (Å²) in [5, 5.41) is 13.8. The van der Waals surface area contributed by atoms with Gasteiger partial charge in [-0.25, -0.2) is 0 Å². The molecule has 27 heavy (non-hydrogen) atoms. The van der Waals surface area contributed by atoms with Crippen LogP contribution in [0.1, 0.15) is 26.7 Å². The van der Waals surface area contributed by atoms with Crippen molar-refractivity contribution in [2.45, 2.75) is 32.8 Å². The molecule has 0 saturated carbocycles. The summed E-state index contributed by atoms with van der Waals surface area (Å²) in [6, 6.07) is 0. The van der Waals surface area contributed by atoms with Crippen LogP contribution in [0.4, 0.5) is 0 Å². The third-order valence-corrected chi connectivity index (χ3v) is 4.37. The summed E-state index contributed by atoms with van der Waals surface area (Å²) in [7, 11) is 3.59. The van der Waals surface area contributed by atoms with Crippen molar-refractivity contribution in [3.05, 3.63) is 0 Å². The second kappa shape index (κ2) is 13.5. The third kappa shape index (κ3) is 10.9. The molecule has 2 aliphatic rings. The van der Waals surface area contributed by atoms with Crippen molar-refractivity contribution in [2.75, 3.05) is 60.0 Å². The van der Waals surface area contributed by atoms with Crippen LogP contribution in [0.2, 0.25) is 0 Å². The lowest BCUT2D eigenvalue weighted by Crippen LogP contribution is -2.52. The molecule has 2 saturated heterocycles. The van der Waals surface area contributed by atoms with Crippen molar-refractivity contribution in [1.29, 1.82) is 0 Å². The number of hydrogen-bond donors (Lipinski definition) is 2. The predicted molar refractivity (Wildman–Crippen MR) is 102 cm³/mol. The van der Waals surface area contributed by atoms with Crippen molar-refractivity contribution in [3.63, 3.8) is 0 Å². The Morgan fingerprint density at radius 1 is 1.07 bits per heavy atom. The molecule has 2 aliphatic heterocycles. The Labute approximate surface area is 161 Å². The van der Waals surface area contributed by atoms with Gasteiger partial charge >= 0.3 is 0 Å². The van der Waals surface area contributed by atoms with Crippen LogP contribution >= 0.6 is 0 Å². The van der Waals surface area contributed by atoms with Gasteiger partial charge in [0, 0.05) is 40.3 Å². The first-order chi connectivity index (χ1) is 12.7. The van der Waals surface area contributed by atoms with Gasteiger partial charge in [-0.2, -0.15) is 0 Å². The Balaban J connectivity index is 0.000000997. The Hall–Kier alpha value is -1.71. The second-order valence-electron chi connectivity index (χ2n) is 7.69. The van der Waals surface area contributed by atoms with E-state index in [9.17, 15) is 4.79 Å². The van der Waals surface area contributed by atoms with Gasteiger partial charge in [0.05, 0.1) is 6.61 Å². The normalized spacial score (nSPS) is 20.5. The van der Waals surface area contributed by atoms with Crippen LogP contribution in [-0.4, -0.2) is 110 Å². The number of rotatable bonds is 5. The zero-order valence-electron chi connectivity index (χ0n) is 17.0. The van der Waals surface area contributed by atoms with E-state index in [1.165, 1.54) is 25.9 Å². The summed E-state index contributed by atoms with van der Waals surface area (Å²) in [6.45, 7) is 11.2. The zero-order valence-corrected chi connectivity index (χ0v) is 17.0. The van der Waals surface area contributed by atoms with E-state index in [2.05, 4.69) is 23.6 Å².